The minimum atomic E-state index is -0.206. The maximum Gasteiger partial charge on any atom is 0.275 e. The molecular formula is C17H15N3OS. The summed E-state index contributed by atoms with van der Waals surface area (Å²) < 4.78 is 0. The maximum absolute atomic E-state index is 12.2. The van der Waals surface area contributed by atoms with Crippen LogP contribution in [-0.4, -0.2) is 10.9 Å². The van der Waals surface area contributed by atoms with Crippen LogP contribution in [0, 0.1) is 6.92 Å². The van der Waals surface area contributed by atoms with Gasteiger partial charge in [-0.2, -0.15) is 0 Å². The minimum Gasteiger partial charge on any atom is -0.332 e. The molecule has 0 radical (unpaired) electrons. The van der Waals surface area contributed by atoms with Crippen LogP contribution in [0.2, 0.25) is 0 Å². The fraction of sp³-hybridized carbons (Fsp3) is 0.0588. The highest BCUT2D eigenvalue weighted by Crippen LogP contribution is 2.21. The van der Waals surface area contributed by atoms with E-state index in [1.807, 2.05) is 61.5 Å². The summed E-state index contributed by atoms with van der Waals surface area (Å²) in [5, 5.41) is 8.47. The zero-order valence-electron chi connectivity index (χ0n) is 12.0. The number of hydrogen-bond acceptors (Lipinski definition) is 4. The molecule has 2 N–H and O–H groups in total. The number of aromatic nitrogens is 1. The Labute approximate surface area is 132 Å². The number of nitrogens with zero attached hydrogens (tertiary/aromatic N) is 1. The maximum atomic E-state index is 12.2. The lowest BCUT2D eigenvalue weighted by atomic mass is 10.2. The highest BCUT2D eigenvalue weighted by Gasteiger charge is 2.11. The molecule has 3 rings (SSSR count). The molecule has 0 saturated heterocycles. The lowest BCUT2D eigenvalue weighted by molar-refractivity contribution is 0.102. The van der Waals surface area contributed by atoms with Gasteiger partial charge < -0.3 is 10.6 Å². The first kappa shape index (κ1) is 14.3. The molecule has 1 aromatic heterocycles. The molecule has 3 aromatic rings. The van der Waals surface area contributed by atoms with Crippen LogP contribution in [0.4, 0.5) is 16.5 Å². The van der Waals surface area contributed by atoms with Crippen molar-refractivity contribution in [1.29, 1.82) is 0 Å². The summed E-state index contributed by atoms with van der Waals surface area (Å²) in [6.07, 6.45) is 0. The van der Waals surface area contributed by atoms with Crippen LogP contribution >= 0.6 is 11.3 Å². The monoisotopic (exact) mass is 309 g/mol. The second kappa shape index (κ2) is 6.41. The molecule has 0 spiro atoms. The van der Waals surface area contributed by atoms with Crippen molar-refractivity contribution in [3.05, 3.63) is 71.2 Å². The Kier molecular flexibility index (Phi) is 4.16. The van der Waals surface area contributed by atoms with Crippen LogP contribution in [-0.2, 0) is 0 Å². The molecule has 0 saturated carbocycles. The molecule has 5 heteroatoms. The van der Waals surface area contributed by atoms with E-state index >= 15 is 0 Å². The van der Waals surface area contributed by atoms with Crippen molar-refractivity contribution in [2.24, 2.45) is 0 Å². The van der Waals surface area contributed by atoms with Gasteiger partial charge in [-0.15, -0.1) is 11.3 Å². The van der Waals surface area contributed by atoms with Crippen molar-refractivity contribution < 1.29 is 4.79 Å². The van der Waals surface area contributed by atoms with Crippen molar-refractivity contribution in [2.75, 3.05) is 10.6 Å². The van der Waals surface area contributed by atoms with Crippen LogP contribution in [0.25, 0.3) is 0 Å². The smallest absolute Gasteiger partial charge is 0.275 e. The number of benzene rings is 2. The Morgan fingerprint density at radius 1 is 1.05 bits per heavy atom. The SMILES string of the molecule is Cc1cccc(NC(=O)c2csc(Nc3ccccc3)n2)c1. The number of aryl methyl sites for hydroxylation is 1. The van der Waals surface area contributed by atoms with Crippen molar-refractivity contribution in [3.63, 3.8) is 0 Å². The number of hydrogen-bond donors (Lipinski definition) is 2. The second-order valence-electron chi connectivity index (χ2n) is 4.85. The molecule has 0 fully saturated rings. The average molecular weight is 309 g/mol. The fourth-order valence-corrected chi connectivity index (χ4v) is 2.71. The van der Waals surface area contributed by atoms with E-state index in [2.05, 4.69) is 15.6 Å². The number of carbonyl (C=O) groups excluding carboxylic acids is 1. The Hall–Kier alpha value is -2.66. The van der Waals surface area contributed by atoms with Crippen LogP contribution in [0.3, 0.4) is 0 Å². The van der Waals surface area contributed by atoms with Crippen LogP contribution < -0.4 is 10.6 Å². The summed E-state index contributed by atoms with van der Waals surface area (Å²) >= 11 is 1.40. The predicted octanol–water partition coefficient (Wildman–Crippen LogP) is 4.45. The molecule has 4 nitrogen and oxygen atoms in total. The highest BCUT2D eigenvalue weighted by molar-refractivity contribution is 7.14. The van der Waals surface area contributed by atoms with E-state index in [1.54, 1.807) is 5.38 Å². The molecule has 0 bridgehead atoms. The summed E-state index contributed by atoms with van der Waals surface area (Å²) in [5.41, 5.74) is 3.23. The Morgan fingerprint density at radius 2 is 1.82 bits per heavy atom. The molecule has 110 valence electrons. The first-order chi connectivity index (χ1) is 10.7. The van der Waals surface area contributed by atoms with E-state index < -0.39 is 0 Å². The topological polar surface area (TPSA) is 54.0 Å². The van der Waals surface area contributed by atoms with E-state index in [-0.39, 0.29) is 5.91 Å². The quantitative estimate of drug-likeness (QED) is 0.748. The normalized spacial score (nSPS) is 10.2. The zero-order chi connectivity index (χ0) is 15.4. The Bertz CT molecular complexity index is 783. The van der Waals surface area contributed by atoms with Crippen molar-refractivity contribution in [1.82, 2.24) is 4.98 Å². The fourth-order valence-electron chi connectivity index (χ4n) is 2.00. The van der Waals surface area contributed by atoms with Gasteiger partial charge in [0.25, 0.3) is 5.91 Å². The third-order valence-corrected chi connectivity index (χ3v) is 3.80. The molecule has 0 aliphatic carbocycles. The first-order valence-corrected chi connectivity index (χ1v) is 7.74. The molecule has 1 amide bonds. The zero-order valence-corrected chi connectivity index (χ0v) is 12.9. The molecule has 22 heavy (non-hydrogen) atoms. The van der Waals surface area contributed by atoms with Gasteiger partial charge in [-0.25, -0.2) is 4.98 Å². The number of anilines is 3. The summed E-state index contributed by atoms with van der Waals surface area (Å²) in [6.45, 7) is 1.99. The number of thiazole rings is 1. The average Bonchev–Trinajstić information content (AvgIpc) is 2.97. The number of carbonyl (C=O) groups is 1. The minimum absolute atomic E-state index is 0.206. The lowest BCUT2D eigenvalue weighted by Gasteiger charge is -2.04. The van der Waals surface area contributed by atoms with E-state index in [9.17, 15) is 4.79 Å². The third kappa shape index (κ3) is 3.51. The summed E-state index contributed by atoms with van der Waals surface area (Å²) in [4.78, 5) is 16.5. The van der Waals surface area contributed by atoms with Crippen molar-refractivity contribution in [2.45, 2.75) is 6.92 Å². The lowest BCUT2D eigenvalue weighted by Crippen LogP contribution is -2.12. The van der Waals surface area contributed by atoms with Crippen molar-refractivity contribution in [3.8, 4) is 0 Å². The first-order valence-electron chi connectivity index (χ1n) is 6.86. The molecule has 0 aliphatic rings. The Morgan fingerprint density at radius 3 is 2.59 bits per heavy atom. The van der Waals surface area contributed by atoms with Crippen LogP contribution in [0.1, 0.15) is 16.1 Å². The van der Waals surface area contributed by atoms with Crippen LogP contribution in [0.15, 0.2) is 60.0 Å². The number of rotatable bonds is 4. The molecule has 1 heterocycles. The third-order valence-electron chi connectivity index (χ3n) is 3.04. The largest absolute Gasteiger partial charge is 0.332 e. The van der Waals surface area contributed by atoms with Gasteiger partial charge in [-0.05, 0) is 36.8 Å². The van der Waals surface area contributed by atoms with E-state index in [0.717, 1.165) is 16.9 Å². The van der Waals surface area contributed by atoms with Gasteiger partial charge in [0, 0.05) is 16.8 Å². The number of amides is 1. The number of nitrogens with one attached hydrogen (secondary N) is 2. The molecule has 2 aromatic carbocycles. The number of para-hydroxylation sites is 1. The van der Waals surface area contributed by atoms with Crippen molar-refractivity contribution >= 4 is 33.8 Å². The summed E-state index contributed by atoms with van der Waals surface area (Å²) in [7, 11) is 0. The van der Waals surface area contributed by atoms with E-state index in [4.69, 9.17) is 0 Å². The molecular weight excluding hydrogens is 294 g/mol. The van der Waals surface area contributed by atoms with Crippen LogP contribution in [0.5, 0.6) is 0 Å². The summed E-state index contributed by atoms with van der Waals surface area (Å²) in [6, 6.07) is 17.4. The second-order valence-corrected chi connectivity index (χ2v) is 5.71. The molecule has 0 aliphatic heterocycles. The van der Waals surface area contributed by atoms with Gasteiger partial charge in [0.05, 0.1) is 0 Å². The predicted molar refractivity (Wildman–Crippen MR) is 91.0 cm³/mol. The van der Waals surface area contributed by atoms with Gasteiger partial charge in [-0.1, -0.05) is 30.3 Å². The van der Waals surface area contributed by atoms with Gasteiger partial charge in [0.2, 0.25) is 0 Å². The Balaban J connectivity index is 1.69. The van der Waals surface area contributed by atoms with Gasteiger partial charge in [0.15, 0.2) is 5.13 Å². The highest BCUT2D eigenvalue weighted by atomic mass is 32.1. The van der Waals surface area contributed by atoms with E-state index in [0.29, 0.717) is 10.8 Å². The van der Waals surface area contributed by atoms with Gasteiger partial charge >= 0.3 is 0 Å². The van der Waals surface area contributed by atoms with Gasteiger partial charge in [-0.3, -0.25) is 4.79 Å². The molecule has 0 atom stereocenters. The van der Waals surface area contributed by atoms with Gasteiger partial charge in [0.1, 0.15) is 5.69 Å². The molecule has 0 unspecified atom stereocenters. The standard InChI is InChI=1S/C17H15N3OS/c1-12-6-5-9-14(10-12)18-16(21)15-11-22-17(20-15)19-13-7-3-2-4-8-13/h2-11H,1H3,(H,18,21)(H,19,20). The summed E-state index contributed by atoms with van der Waals surface area (Å²) in [5.74, 6) is -0.206. The van der Waals surface area contributed by atoms with E-state index in [1.165, 1.54) is 11.3 Å².